The van der Waals surface area contributed by atoms with Crippen molar-refractivity contribution in [2.45, 2.75) is 25.3 Å². The predicted molar refractivity (Wildman–Crippen MR) is 66.3 cm³/mol. The zero-order chi connectivity index (χ0) is 13.2. The monoisotopic (exact) mass is 246 g/mol. The van der Waals surface area contributed by atoms with Crippen LogP contribution in [0, 0.1) is 0 Å². The lowest BCUT2D eigenvalue weighted by molar-refractivity contribution is -0.114. The zero-order valence-electron chi connectivity index (χ0n) is 10.3. The Labute approximate surface area is 105 Å². The molecule has 0 heterocycles. The van der Waals surface area contributed by atoms with Crippen molar-refractivity contribution in [3.63, 3.8) is 0 Å². The van der Waals surface area contributed by atoms with Crippen LogP contribution < -0.4 is 10.1 Å². The second kappa shape index (κ2) is 4.63. The zero-order valence-corrected chi connectivity index (χ0v) is 10.3. The van der Waals surface area contributed by atoms with Gasteiger partial charge in [0.25, 0.3) is 0 Å². The largest absolute Gasteiger partial charge is 0.495 e. The van der Waals surface area contributed by atoms with Crippen molar-refractivity contribution >= 4 is 17.7 Å². The number of ether oxygens (including phenoxy) is 1. The number of nitrogens with zero attached hydrogens (tertiary/aromatic N) is 1. The van der Waals surface area contributed by atoms with E-state index in [2.05, 4.69) is 10.3 Å². The van der Waals surface area contributed by atoms with Crippen LogP contribution >= 0.6 is 0 Å². The maximum absolute atomic E-state index is 11.3. The second-order valence-corrected chi connectivity index (χ2v) is 4.30. The minimum Gasteiger partial charge on any atom is -0.495 e. The lowest BCUT2D eigenvalue weighted by Crippen LogP contribution is -2.13. The molecule has 1 aliphatic carbocycles. The number of hydrogen-bond donors (Lipinski definition) is 1. The summed E-state index contributed by atoms with van der Waals surface area (Å²) in [6, 6.07) is 5.43. The smallest absolute Gasteiger partial charge is 0.235 e. The molecule has 1 aromatic carbocycles. The summed E-state index contributed by atoms with van der Waals surface area (Å²) in [5, 5.41) is 2.74. The first-order valence-electron chi connectivity index (χ1n) is 5.67. The molecular formula is C13H14N2O3. The first-order chi connectivity index (χ1) is 8.63. The van der Waals surface area contributed by atoms with E-state index in [9.17, 15) is 9.59 Å². The van der Waals surface area contributed by atoms with Crippen molar-refractivity contribution in [2.75, 3.05) is 12.4 Å². The molecular weight excluding hydrogens is 232 g/mol. The highest BCUT2D eigenvalue weighted by molar-refractivity contribution is 5.92. The van der Waals surface area contributed by atoms with E-state index in [-0.39, 0.29) is 5.91 Å². The van der Waals surface area contributed by atoms with E-state index < -0.39 is 5.54 Å². The number of aliphatic imine (C=N–C) groups is 1. The number of carbonyl (C=O) groups is 1. The minimum absolute atomic E-state index is 0.188. The highest BCUT2D eigenvalue weighted by Gasteiger charge is 2.47. The Morgan fingerprint density at radius 3 is 2.72 bits per heavy atom. The molecule has 1 amide bonds. The van der Waals surface area contributed by atoms with Crippen LogP contribution in [0.25, 0.3) is 0 Å². The summed E-state index contributed by atoms with van der Waals surface area (Å²) in [5.74, 6) is 0.377. The molecule has 18 heavy (non-hydrogen) atoms. The Balaban J connectivity index is 2.52. The van der Waals surface area contributed by atoms with Gasteiger partial charge >= 0.3 is 0 Å². The number of isocyanates is 1. The van der Waals surface area contributed by atoms with Crippen LogP contribution in [0.15, 0.2) is 23.2 Å². The van der Waals surface area contributed by atoms with Crippen LogP contribution in [-0.4, -0.2) is 19.1 Å². The van der Waals surface area contributed by atoms with Crippen molar-refractivity contribution in [2.24, 2.45) is 4.99 Å². The highest BCUT2D eigenvalue weighted by Crippen LogP contribution is 2.53. The lowest BCUT2D eigenvalue weighted by atomic mass is 10.0. The molecule has 1 fully saturated rings. The summed E-state index contributed by atoms with van der Waals surface area (Å²) in [6.45, 7) is 1.43. The fourth-order valence-corrected chi connectivity index (χ4v) is 2.04. The number of hydrogen-bond acceptors (Lipinski definition) is 4. The van der Waals surface area contributed by atoms with Gasteiger partial charge in [0.2, 0.25) is 12.0 Å². The molecule has 0 aromatic heterocycles. The molecule has 1 aromatic rings. The maximum atomic E-state index is 11.3. The molecule has 5 heteroatoms. The number of methoxy groups -OCH3 is 1. The summed E-state index contributed by atoms with van der Waals surface area (Å²) >= 11 is 0. The Hall–Kier alpha value is -2.13. The average Bonchev–Trinajstić information content (AvgIpc) is 3.10. The highest BCUT2D eigenvalue weighted by atomic mass is 16.5. The van der Waals surface area contributed by atoms with Gasteiger partial charge < -0.3 is 10.1 Å². The number of anilines is 1. The molecule has 0 spiro atoms. The van der Waals surface area contributed by atoms with Crippen molar-refractivity contribution in [1.82, 2.24) is 0 Å². The summed E-state index contributed by atoms with van der Waals surface area (Å²) in [5.41, 5.74) is 0.859. The normalized spacial score (nSPS) is 15.4. The predicted octanol–water partition coefficient (Wildman–Crippen LogP) is 1.98. The molecule has 0 radical (unpaired) electrons. The Bertz CT molecular complexity index is 529. The van der Waals surface area contributed by atoms with Crippen molar-refractivity contribution in [3.05, 3.63) is 23.8 Å². The third-order valence-electron chi connectivity index (χ3n) is 3.03. The van der Waals surface area contributed by atoms with Crippen LogP contribution in [0.4, 0.5) is 5.69 Å². The van der Waals surface area contributed by atoms with Gasteiger partial charge in [-0.25, -0.2) is 4.79 Å². The summed E-state index contributed by atoms with van der Waals surface area (Å²) in [4.78, 5) is 25.6. The van der Waals surface area contributed by atoms with Crippen LogP contribution in [0.1, 0.15) is 25.3 Å². The standard InChI is InChI=1S/C13H14N2O3/c1-9(17)15-12-10(4-3-5-11(12)18-2)13(6-7-13)14-8-16/h3-5H,6-7H2,1-2H3,(H,15,17). The number of nitrogens with one attached hydrogen (secondary N) is 1. The maximum Gasteiger partial charge on any atom is 0.235 e. The Morgan fingerprint density at radius 1 is 1.50 bits per heavy atom. The molecule has 94 valence electrons. The molecule has 1 N–H and O–H groups in total. The molecule has 0 saturated heterocycles. The van der Waals surface area contributed by atoms with Gasteiger partial charge in [-0.05, 0) is 18.9 Å². The number of carbonyl (C=O) groups excluding carboxylic acids is 2. The van der Waals surface area contributed by atoms with Gasteiger partial charge in [0.1, 0.15) is 11.3 Å². The third kappa shape index (κ3) is 2.13. The summed E-state index contributed by atoms with van der Waals surface area (Å²) < 4.78 is 5.23. The third-order valence-corrected chi connectivity index (χ3v) is 3.03. The quantitative estimate of drug-likeness (QED) is 0.652. The van der Waals surface area contributed by atoms with Gasteiger partial charge in [0, 0.05) is 12.5 Å². The lowest BCUT2D eigenvalue weighted by Gasteiger charge is -2.17. The van der Waals surface area contributed by atoms with Gasteiger partial charge in [-0.1, -0.05) is 12.1 Å². The van der Waals surface area contributed by atoms with E-state index in [4.69, 9.17) is 4.74 Å². The van der Waals surface area contributed by atoms with E-state index in [0.29, 0.717) is 11.4 Å². The molecule has 0 unspecified atom stereocenters. The Kier molecular flexibility index (Phi) is 3.17. The Morgan fingerprint density at radius 2 is 2.22 bits per heavy atom. The fourth-order valence-electron chi connectivity index (χ4n) is 2.04. The topological polar surface area (TPSA) is 67.8 Å². The van der Waals surface area contributed by atoms with Gasteiger partial charge in [0.15, 0.2) is 0 Å². The van der Waals surface area contributed by atoms with E-state index >= 15 is 0 Å². The van der Waals surface area contributed by atoms with E-state index in [0.717, 1.165) is 18.4 Å². The van der Waals surface area contributed by atoms with Crippen molar-refractivity contribution in [3.8, 4) is 5.75 Å². The summed E-state index contributed by atoms with van der Waals surface area (Å²) in [7, 11) is 1.53. The van der Waals surface area contributed by atoms with Crippen LogP contribution in [0.5, 0.6) is 5.75 Å². The number of benzene rings is 1. The molecule has 0 bridgehead atoms. The number of para-hydroxylation sites is 1. The first-order valence-corrected chi connectivity index (χ1v) is 5.67. The van der Waals surface area contributed by atoms with Gasteiger partial charge in [-0.2, -0.15) is 4.99 Å². The molecule has 0 atom stereocenters. The number of rotatable bonds is 4. The van der Waals surface area contributed by atoms with Gasteiger partial charge in [-0.15, -0.1) is 0 Å². The molecule has 1 aliphatic rings. The average molecular weight is 246 g/mol. The van der Waals surface area contributed by atoms with E-state index in [1.165, 1.54) is 14.0 Å². The van der Waals surface area contributed by atoms with E-state index in [1.54, 1.807) is 12.1 Å². The minimum atomic E-state index is -0.534. The van der Waals surface area contributed by atoms with Gasteiger partial charge in [0.05, 0.1) is 12.8 Å². The molecule has 0 aliphatic heterocycles. The second-order valence-electron chi connectivity index (χ2n) is 4.30. The van der Waals surface area contributed by atoms with Crippen molar-refractivity contribution < 1.29 is 14.3 Å². The summed E-state index contributed by atoms with van der Waals surface area (Å²) in [6.07, 6.45) is 3.17. The van der Waals surface area contributed by atoms with Crippen LogP contribution in [0.3, 0.4) is 0 Å². The van der Waals surface area contributed by atoms with Crippen molar-refractivity contribution in [1.29, 1.82) is 0 Å². The molecule has 5 nitrogen and oxygen atoms in total. The van der Waals surface area contributed by atoms with Crippen LogP contribution in [-0.2, 0) is 15.1 Å². The fraction of sp³-hybridized carbons (Fsp3) is 0.385. The van der Waals surface area contributed by atoms with Gasteiger partial charge in [-0.3, -0.25) is 4.79 Å². The molecule has 1 saturated carbocycles. The first kappa shape index (κ1) is 12.3. The number of amides is 1. The SMILES string of the molecule is COc1cccc(C2(N=C=O)CC2)c1NC(C)=O. The molecule has 2 rings (SSSR count). The van der Waals surface area contributed by atoms with Crippen LogP contribution in [0.2, 0.25) is 0 Å². The van der Waals surface area contributed by atoms with E-state index in [1.807, 2.05) is 12.1 Å².